The van der Waals surface area contributed by atoms with Crippen molar-refractivity contribution >= 4 is 11.6 Å². The van der Waals surface area contributed by atoms with E-state index in [1.54, 1.807) is 0 Å². The Morgan fingerprint density at radius 1 is 1.17 bits per heavy atom. The summed E-state index contributed by atoms with van der Waals surface area (Å²) in [7, 11) is 1.99. The Morgan fingerprint density at radius 3 is 2.65 bits per heavy atom. The highest BCUT2D eigenvalue weighted by Crippen LogP contribution is 2.28. The molecule has 0 spiro atoms. The van der Waals surface area contributed by atoms with Crippen LogP contribution in [-0.2, 0) is 11.3 Å². The first-order valence-electron chi connectivity index (χ1n) is 7.74. The molecule has 2 aliphatic rings. The van der Waals surface area contributed by atoms with Gasteiger partial charge in [-0.15, -0.1) is 0 Å². The normalized spacial score (nSPS) is 23.1. The zero-order valence-electron chi connectivity index (χ0n) is 13.0. The number of hydrogen-bond donors (Lipinski definition) is 0. The van der Waals surface area contributed by atoms with E-state index >= 15 is 0 Å². The molecule has 1 aromatic rings. The van der Waals surface area contributed by atoms with E-state index in [2.05, 4.69) is 4.90 Å². The van der Waals surface area contributed by atoms with Crippen LogP contribution in [0.5, 0.6) is 0 Å². The molecule has 7 heteroatoms. The second kappa shape index (κ2) is 6.03. The first-order chi connectivity index (χ1) is 10.8. The van der Waals surface area contributed by atoms with E-state index in [-0.39, 0.29) is 6.54 Å². The number of carbonyl (C=O) groups is 1. The number of hydrogen-bond acceptors (Lipinski definition) is 3. The largest absolute Gasteiger partial charge is 0.406 e. The van der Waals surface area contributed by atoms with Crippen molar-refractivity contribution < 1.29 is 18.0 Å². The van der Waals surface area contributed by atoms with Crippen LogP contribution >= 0.6 is 0 Å². The Hall–Kier alpha value is -1.76. The quantitative estimate of drug-likeness (QED) is 0.832. The van der Waals surface area contributed by atoms with Gasteiger partial charge in [0.1, 0.15) is 6.54 Å². The van der Waals surface area contributed by atoms with E-state index in [0.29, 0.717) is 19.5 Å². The lowest BCUT2D eigenvalue weighted by atomic mass is 10.1. The number of alkyl halides is 3. The number of anilines is 1. The van der Waals surface area contributed by atoms with Crippen LogP contribution in [-0.4, -0.2) is 61.2 Å². The lowest BCUT2D eigenvalue weighted by molar-refractivity contribution is -0.159. The summed E-state index contributed by atoms with van der Waals surface area (Å²) in [5.41, 5.74) is 2.22. The van der Waals surface area contributed by atoms with Gasteiger partial charge in [-0.1, -0.05) is 18.2 Å². The summed E-state index contributed by atoms with van der Waals surface area (Å²) >= 11 is 0. The maximum Gasteiger partial charge on any atom is 0.406 e. The maximum absolute atomic E-state index is 12.5. The van der Waals surface area contributed by atoms with Gasteiger partial charge in [-0.25, -0.2) is 0 Å². The Balaban J connectivity index is 1.74. The fourth-order valence-electron chi connectivity index (χ4n) is 3.41. The number of nitrogens with zero attached hydrogens (tertiary/aromatic N) is 3. The molecule has 0 aromatic heterocycles. The van der Waals surface area contributed by atoms with Crippen LogP contribution in [0.2, 0.25) is 0 Å². The molecule has 1 saturated heterocycles. The average Bonchev–Trinajstić information content (AvgIpc) is 2.73. The van der Waals surface area contributed by atoms with Crippen molar-refractivity contribution in [2.75, 3.05) is 38.1 Å². The summed E-state index contributed by atoms with van der Waals surface area (Å²) in [4.78, 5) is 17.4. The third-order valence-corrected chi connectivity index (χ3v) is 4.58. The predicted molar refractivity (Wildman–Crippen MR) is 81.2 cm³/mol. The molecule has 0 radical (unpaired) electrons. The van der Waals surface area contributed by atoms with Gasteiger partial charge in [-0.05, 0) is 18.1 Å². The third kappa shape index (κ3) is 3.44. The fourth-order valence-corrected chi connectivity index (χ4v) is 3.41. The number of carbonyl (C=O) groups excluding carboxylic acids is 1. The van der Waals surface area contributed by atoms with Crippen LogP contribution in [0.15, 0.2) is 24.3 Å². The highest BCUT2D eigenvalue weighted by Gasteiger charge is 2.41. The minimum absolute atomic E-state index is 0.178. The molecule has 0 saturated carbocycles. The third-order valence-electron chi connectivity index (χ3n) is 4.58. The number of para-hydroxylation sites is 1. The zero-order chi connectivity index (χ0) is 16.6. The number of fused-ring (bicyclic) bond motifs is 1. The van der Waals surface area contributed by atoms with Crippen molar-refractivity contribution in [3.05, 3.63) is 29.8 Å². The van der Waals surface area contributed by atoms with E-state index in [1.165, 1.54) is 0 Å². The first kappa shape index (κ1) is 16.1. The predicted octanol–water partition coefficient (Wildman–Crippen LogP) is 2.10. The second-order valence-electron chi connectivity index (χ2n) is 6.20. The first-order valence-corrected chi connectivity index (χ1v) is 7.74. The highest BCUT2D eigenvalue weighted by atomic mass is 19.4. The minimum Gasteiger partial charge on any atom is -0.373 e. The molecule has 1 atom stereocenters. The van der Waals surface area contributed by atoms with Crippen LogP contribution < -0.4 is 4.90 Å². The molecular weight excluding hydrogens is 307 g/mol. The Morgan fingerprint density at radius 2 is 1.91 bits per heavy atom. The van der Waals surface area contributed by atoms with E-state index in [0.717, 1.165) is 22.7 Å². The lowest BCUT2D eigenvalue weighted by Crippen LogP contribution is -2.44. The molecular formula is C16H20F3N3O. The molecule has 126 valence electrons. The molecule has 2 aliphatic heterocycles. The lowest BCUT2D eigenvalue weighted by Gasteiger charge is -2.26. The van der Waals surface area contributed by atoms with Gasteiger partial charge in [-0.3, -0.25) is 9.69 Å². The molecule has 2 heterocycles. The fraction of sp³-hybridized carbons (Fsp3) is 0.562. The van der Waals surface area contributed by atoms with Gasteiger partial charge < -0.3 is 9.80 Å². The van der Waals surface area contributed by atoms with Crippen molar-refractivity contribution in [2.45, 2.75) is 25.2 Å². The van der Waals surface area contributed by atoms with E-state index in [4.69, 9.17) is 0 Å². The van der Waals surface area contributed by atoms with Crippen LogP contribution in [0.3, 0.4) is 0 Å². The summed E-state index contributed by atoms with van der Waals surface area (Å²) in [6.45, 7) is 1.04. The molecule has 0 unspecified atom stereocenters. The summed E-state index contributed by atoms with van der Waals surface area (Å²) in [6.07, 6.45) is -3.88. The van der Waals surface area contributed by atoms with Crippen LogP contribution in [0.1, 0.15) is 12.0 Å². The van der Waals surface area contributed by atoms with Gasteiger partial charge in [0.15, 0.2) is 0 Å². The van der Waals surface area contributed by atoms with E-state index in [1.807, 2.05) is 36.2 Å². The highest BCUT2D eigenvalue weighted by molar-refractivity contribution is 5.84. The van der Waals surface area contributed by atoms with Gasteiger partial charge in [0.2, 0.25) is 5.91 Å². The molecule has 0 aliphatic carbocycles. The van der Waals surface area contributed by atoms with Crippen molar-refractivity contribution in [1.29, 1.82) is 0 Å². The molecule has 0 bridgehead atoms. The van der Waals surface area contributed by atoms with Crippen LogP contribution in [0, 0.1) is 0 Å². The average molecular weight is 327 g/mol. The number of halogens is 3. The van der Waals surface area contributed by atoms with Crippen LogP contribution in [0.25, 0.3) is 0 Å². The minimum atomic E-state index is -4.34. The number of rotatable bonds is 2. The van der Waals surface area contributed by atoms with Crippen molar-refractivity contribution in [3.63, 3.8) is 0 Å². The summed E-state index contributed by atoms with van der Waals surface area (Å²) in [5, 5.41) is 0. The van der Waals surface area contributed by atoms with Crippen molar-refractivity contribution in [1.82, 2.24) is 9.80 Å². The van der Waals surface area contributed by atoms with Gasteiger partial charge in [0.25, 0.3) is 0 Å². The van der Waals surface area contributed by atoms with E-state index < -0.39 is 24.7 Å². The SMILES string of the molecule is CN1CCN([C@@H]2CCN(CC(F)(F)F)C2=O)Cc2ccccc21. The summed E-state index contributed by atoms with van der Waals surface area (Å²) < 4.78 is 37.6. The number of benzene rings is 1. The standard InChI is InChI=1S/C16H20F3N3O/c1-20-8-9-21(10-12-4-2-3-5-13(12)20)14-6-7-22(15(14)23)11-16(17,18)19/h2-5,14H,6-11H2,1H3/t14-/m1/s1. The van der Waals surface area contributed by atoms with Gasteiger partial charge in [0, 0.05) is 38.9 Å². The number of likely N-dealkylation sites (tertiary alicyclic amines) is 1. The van der Waals surface area contributed by atoms with Crippen molar-refractivity contribution in [2.24, 2.45) is 0 Å². The molecule has 3 rings (SSSR count). The Kier molecular flexibility index (Phi) is 4.23. The van der Waals surface area contributed by atoms with Crippen LogP contribution in [0.4, 0.5) is 18.9 Å². The molecule has 0 N–H and O–H groups in total. The molecule has 4 nitrogen and oxygen atoms in total. The van der Waals surface area contributed by atoms with Gasteiger partial charge >= 0.3 is 6.18 Å². The molecule has 23 heavy (non-hydrogen) atoms. The molecule has 1 aromatic carbocycles. The molecule has 1 fully saturated rings. The van der Waals surface area contributed by atoms with Crippen molar-refractivity contribution in [3.8, 4) is 0 Å². The number of likely N-dealkylation sites (N-methyl/N-ethyl adjacent to an activating group) is 1. The summed E-state index contributed by atoms with van der Waals surface area (Å²) in [6, 6.07) is 7.51. The smallest absolute Gasteiger partial charge is 0.373 e. The zero-order valence-corrected chi connectivity index (χ0v) is 13.0. The maximum atomic E-state index is 12.5. The van der Waals surface area contributed by atoms with Gasteiger partial charge in [-0.2, -0.15) is 13.2 Å². The Bertz CT molecular complexity index is 590. The number of amides is 1. The van der Waals surface area contributed by atoms with E-state index in [9.17, 15) is 18.0 Å². The monoisotopic (exact) mass is 327 g/mol. The summed E-state index contributed by atoms with van der Waals surface area (Å²) in [5.74, 6) is -0.399. The Labute approximate surface area is 133 Å². The molecule has 1 amide bonds. The van der Waals surface area contributed by atoms with Gasteiger partial charge in [0.05, 0.1) is 6.04 Å². The topological polar surface area (TPSA) is 26.8 Å². The second-order valence-corrected chi connectivity index (χ2v) is 6.20.